The van der Waals surface area contributed by atoms with Crippen LogP contribution in [0.1, 0.15) is 77.2 Å². The number of hydrogen-bond acceptors (Lipinski definition) is 2. The van der Waals surface area contributed by atoms with Crippen LogP contribution in [0.25, 0.3) is 0 Å². The van der Waals surface area contributed by atoms with Crippen LogP contribution in [0.15, 0.2) is 24.3 Å². The quantitative estimate of drug-likeness (QED) is 0.692. The van der Waals surface area contributed by atoms with Gasteiger partial charge in [-0.2, -0.15) is 0 Å². The van der Waals surface area contributed by atoms with Gasteiger partial charge in [0.15, 0.2) is 0 Å². The van der Waals surface area contributed by atoms with E-state index in [4.69, 9.17) is 0 Å². The van der Waals surface area contributed by atoms with Crippen molar-refractivity contribution >= 4 is 5.69 Å². The number of benzene rings is 1. The van der Waals surface area contributed by atoms with Gasteiger partial charge < -0.3 is 4.90 Å². The second kappa shape index (κ2) is 7.31. The average Bonchev–Trinajstić information content (AvgIpc) is 3.24. The van der Waals surface area contributed by atoms with Crippen LogP contribution < -0.4 is 4.90 Å². The smallest absolute Gasteiger partial charge is 0.0858 e. The summed E-state index contributed by atoms with van der Waals surface area (Å²) in [6, 6.07) is 11.2. The zero-order chi connectivity index (χ0) is 17.4. The molecule has 1 aromatic carbocycles. The summed E-state index contributed by atoms with van der Waals surface area (Å²) in [5.74, 6) is 0.848. The van der Waals surface area contributed by atoms with Crippen molar-refractivity contribution in [2.75, 3.05) is 4.90 Å². The van der Waals surface area contributed by atoms with Crippen LogP contribution in [0.4, 0.5) is 5.69 Å². The molecule has 3 atom stereocenters. The molecule has 4 rings (SSSR count). The molecule has 2 nitrogen and oxygen atoms in total. The third kappa shape index (κ3) is 3.12. The van der Waals surface area contributed by atoms with Gasteiger partial charge >= 0.3 is 0 Å². The number of anilines is 1. The van der Waals surface area contributed by atoms with Crippen LogP contribution >= 0.6 is 0 Å². The predicted molar refractivity (Wildman–Crippen MR) is 107 cm³/mol. The Balaban J connectivity index is 1.73. The summed E-state index contributed by atoms with van der Waals surface area (Å²) in [4.78, 5) is 5.80. The summed E-state index contributed by atoms with van der Waals surface area (Å²) < 4.78 is 0. The Morgan fingerprint density at radius 1 is 0.800 bits per heavy atom. The van der Waals surface area contributed by atoms with Crippen molar-refractivity contribution in [2.45, 2.75) is 103 Å². The molecule has 0 N–H and O–H groups in total. The largest absolute Gasteiger partial charge is 0.351 e. The van der Waals surface area contributed by atoms with E-state index in [0.717, 1.165) is 12.0 Å². The zero-order valence-electron chi connectivity index (χ0n) is 16.5. The molecule has 0 amide bonds. The molecule has 3 fully saturated rings. The standard InChI is InChI=1S/C23H36N2/c1-17-11-7-10-16-22(17)25-19(3)18(2)24(21-14-8-9-15-21)23(25)20-12-5-4-6-13-20/h7,10-11,16,18-21,23H,4-6,8-9,12-15H2,1-3H3/t18?,19-,23?/m0/s1. The normalized spacial score (nSPS) is 32.6. The molecule has 0 radical (unpaired) electrons. The first-order valence-corrected chi connectivity index (χ1v) is 10.8. The fourth-order valence-corrected chi connectivity index (χ4v) is 5.98. The summed E-state index contributed by atoms with van der Waals surface area (Å²) >= 11 is 0. The van der Waals surface area contributed by atoms with E-state index in [1.165, 1.54) is 69.0 Å². The van der Waals surface area contributed by atoms with E-state index in [-0.39, 0.29) is 0 Å². The highest BCUT2D eigenvalue weighted by molar-refractivity contribution is 5.56. The Hall–Kier alpha value is -1.02. The SMILES string of the molecule is Cc1ccccc1N1C(C2CCCCC2)N(C2CCCC2)C(C)[C@@H]1C. The topological polar surface area (TPSA) is 6.48 Å². The Morgan fingerprint density at radius 3 is 2.12 bits per heavy atom. The molecule has 0 spiro atoms. The van der Waals surface area contributed by atoms with Crippen molar-refractivity contribution in [1.29, 1.82) is 0 Å². The lowest BCUT2D eigenvalue weighted by atomic mass is 9.85. The van der Waals surface area contributed by atoms with Crippen LogP contribution in [-0.4, -0.2) is 29.2 Å². The lowest BCUT2D eigenvalue weighted by molar-refractivity contribution is 0.0853. The fraction of sp³-hybridized carbons (Fsp3) is 0.739. The van der Waals surface area contributed by atoms with Gasteiger partial charge in [0, 0.05) is 23.8 Å². The molecule has 1 heterocycles. The summed E-state index contributed by atoms with van der Waals surface area (Å²) in [7, 11) is 0. The zero-order valence-corrected chi connectivity index (χ0v) is 16.5. The van der Waals surface area contributed by atoms with Gasteiger partial charge in [-0.05, 0) is 64.0 Å². The second-order valence-corrected chi connectivity index (χ2v) is 8.87. The summed E-state index contributed by atoms with van der Waals surface area (Å²) in [6.07, 6.45) is 13.5. The van der Waals surface area contributed by atoms with Gasteiger partial charge in [-0.3, -0.25) is 4.90 Å². The first-order chi connectivity index (χ1) is 12.2. The van der Waals surface area contributed by atoms with E-state index in [2.05, 4.69) is 54.8 Å². The van der Waals surface area contributed by atoms with E-state index < -0.39 is 0 Å². The minimum Gasteiger partial charge on any atom is -0.351 e. The maximum atomic E-state index is 2.97. The molecule has 3 aliphatic rings. The van der Waals surface area contributed by atoms with Crippen LogP contribution in [0.5, 0.6) is 0 Å². The maximum absolute atomic E-state index is 2.97. The fourth-order valence-electron chi connectivity index (χ4n) is 5.98. The molecule has 2 saturated carbocycles. The first-order valence-electron chi connectivity index (χ1n) is 10.8. The van der Waals surface area contributed by atoms with Gasteiger partial charge in [-0.15, -0.1) is 0 Å². The maximum Gasteiger partial charge on any atom is 0.0858 e. The number of rotatable bonds is 3. The summed E-state index contributed by atoms with van der Waals surface area (Å²) in [5, 5.41) is 0. The number of para-hydroxylation sites is 1. The van der Waals surface area contributed by atoms with Crippen molar-refractivity contribution in [3.8, 4) is 0 Å². The van der Waals surface area contributed by atoms with Gasteiger partial charge in [0.25, 0.3) is 0 Å². The Morgan fingerprint density at radius 2 is 1.44 bits per heavy atom. The van der Waals surface area contributed by atoms with E-state index >= 15 is 0 Å². The molecule has 1 aromatic rings. The highest BCUT2D eigenvalue weighted by Crippen LogP contribution is 2.44. The molecule has 138 valence electrons. The third-order valence-corrected chi connectivity index (χ3v) is 7.41. The summed E-state index contributed by atoms with van der Waals surface area (Å²) in [6.45, 7) is 7.27. The van der Waals surface area contributed by atoms with Gasteiger partial charge in [0.1, 0.15) is 0 Å². The van der Waals surface area contributed by atoms with Crippen molar-refractivity contribution in [3.05, 3.63) is 29.8 Å². The lowest BCUT2D eigenvalue weighted by Crippen LogP contribution is -2.50. The molecule has 2 aliphatic carbocycles. The average molecular weight is 341 g/mol. The van der Waals surface area contributed by atoms with E-state index in [9.17, 15) is 0 Å². The minimum atomic E-state index is 0.605. The summed E-state index contributed by atoms with van der Waals surface area (Å²) in [5.41, 5.74) is 2.92. The van der Waals surface area contributed by atoms with Crippen LogP contribution in [0.3, 0.4) is 0 Å². The van der Waals surface area contributed by atoms with Crippen LogP contribution in [0, 0.1) is 12.8 Å². The van der Waals surface area contributed by atoms with E-state index in [0.29, 0.717) is 18.2 Å². The molecule has 1 saturated heterocycles. The van der Waals surface area contributed by atoms with E-state index in [1.807, 2.05) is 0 Å². The highest BCUT2D eigenvalue weighted by Gasteiger charge is 2.49. The highest BCUT2D eigenvalue weighted by atomic mass is 15.5. The lowest BCUT2D eigenvalue weighted by Gasteiger charge is -2.43. The molecule has 1 aliphatic heterocycles. The van der Waals surface area contributed by atoms with Gasteiger partial charge in [0.2, 0.25) is 0 Å². The van der Waals surface area contributed by atoms with Gasteiger partial charge in [-0.1, -0.05) is 50.3 Å². The molecular formula is C23H36N2. The Bertz CT molecular complexity index is 571. The van der Waals surface area contributed by atoms with Crippen molar-refractivity contribution in [1.82, 2.24) is 4.90 Å². The van der Waals surface area contributed by atoms with E-state index in [1.54, 1.807) is 0 Å². The van der Waals surface area contributed by atoms with Crippen LogP contribution in [0.2, 0.25) is 0 Å². The van der Waals surface area contributed by atoms with Gasteiger partial charge in [-0.25, -0.2) is 0 Å². The number of nitrogens with zero attached hydrogens (tertiary/aromatic N) is 2. The molecule has 2 heteroatoms. The Kier molecular flexibility index (Phi) is 5.08. The molecule has 0 bridgehead atoms. The first kappa shape index (κ1) is 17.4. The molecular weight excluding hydrogens is 304 g/mol. The minimum absolute atomic E-state index is 0.605. The van der Waals surface area contributed by atoms with Crippen molar-refractivity contribution in [3.63, 3.8) is 0 Å². The predicted octanol–water partition coefficient (Wildman–Crippen LogP) is 5.74. The van der Waals surface area contributed by atoms with Gasteiger partial charge in [0.05, 0.1) is 6.17 Å². The van der Waals surface area contributed by atoms with Crippen molar-refractivity contribution in [2.24, 2.45) is 5.92 Å². The molecule has 2 unspecified atom stereocenters. The third-order valence-electron chi connectivity index (χ3n) is 7.41. The molecule has 0 aromatic heterocycles. The number of aryl methyl sites for hydroxylation is 1. The number of hydrogen-bond donors (Lipinski definition) is 0. The molecule has 25 heavy (non-hydrogen) atoms. The monoisotopic (exact) mass is 340 g/mol. The van der Waals surface area contributed by atoms with Crippen LogP contribution in [-0.2, 0) is 0 Å². The van der Waals surface area contributed by atoms with Crippen molar-refractivity contribution < 1.29 is 0 Å². The Labute approximate surface area is 154 Å². The second-order valence-electron chi connectivity index (χ2n) is 8.87.